The van der Waals surface area contributed by atoms with E-state index in [2.05, 4.69) is 0 Å². The maximum atomic E-state index is 8.88. The van der Waals surface area contributed by atoms with Crippen LogP contribution in [0.15, 0.2) is 5.34 Å². The normalized spacial score (nSPS) is 6.79. The Labute approximate surface area is 121 Å². The number of nitrogens with zero attached hydrogens (tertiary/aromatic N) is 2. The van der Waals surface area contributed by atoms with Crippen molar-refractivity contribution in [3.63, 3.8) is 0 Å². The molecule has 0 amide bonds. The third-order valence-corrected chi connectivity index (χ3v) is 0. The van der Waals surface area contributed by atoms with Gasteiger partial charge in [0.05, 0.1) is 5.09 Å². The minimum absolute atomic E-state index is 0. The fourth-order valence-electron chi connectivity index (χ4n) is 0. The largest absolute Gasteiger partial charge is 1.00 e. The first-order valence-electron chi connectivity index (χ1n) is 1.70. The Morgan fingerprint density at radius 3 is 1.14 bits per heavy atom. The Morgan fingerprint density at radius 1 is 1.14 bits per heavy atom. The van der Waals surface area contributed by atoms with Crippen molar-refractivity contribution in [3.8, 4) is 0 Å². The van der Waals surface area contributed by atoms with E-state index in [0.717, 1.165) is 5.34 Å². The van der Waals surface area contributed by atoms with Crippen LogP contribution < -0.4 is 59.1 Å². The average Bonchev–Trinajstić information content (AvgIpc) is 1.56. The molecule has 0 unspecified atom stereocenters. The minimum atomic E-state index is -4.64. The van der Waals surface area contributed by atoms with Crippen LogP contribution in [0.2, 0.25) is 0 Å². The second-order valence-electron chi connectivity index (χ2n) is 0.811. The Bertz CT molecular complexity index is 152. The van der Waals surface area contributed by atoms with Gasteiger partial charge in [0.1, 0.15) is 0 Å². The minimum Gasteiger partial charge on any atom is -0.444 e. The zero-order chi connectivity index (χ0) is 10.8. The molecule has 0 heterocycles. The van der Waals surface area contributed by atoms with Crippen LogP contribution in [0.1, 0.15) is 0 Å². The van der Waals surface area contributed by atoms with Gasteiger partial charge in [-0.2, -0.15) is 0 Å². The summed E-state index contributed by atoms with van der Waals surface area (Å²) in [5, 5.41) is 23.8. The molecular weight excluding hydrogens is 249 g/mol. The van der Waals surface area contributed by atoms with Crippen molar-refractivity contribution in [3.05, 3.63) is 25.4 Å². The summed E-state index contributed by atoms with van der Waals surface area (Å²) in [6.45, 7) is 0. The van der Waals surface area contributed by atoms with E-state index in [1.165, 1.54) is 0 Å². The second kappa shape index (κ2) is 19.3. The van der Waals surface area contributed by atoms with Gasteiger partial charge in [0.15, 0.2) is 0 Å². The van der Waals surface area contributed by atoms with E-state index in [1.54, 1.807) is 0 Å². The van der Waals surface area contributed by atoms with Crippen LogP contribution in [0.25, 0.3) is 0 Å². The van der Waals surface area contributed by atoms with Crippen molar-refractivity contribution in [1.82, 2.24) is 0 Å². The summed E-state index contributed by atoms with van der Waals surface area (Å²) in [6, 6.07) is 0. The molecule has 0 aliphatic carbocycles. The van der Waals surface area contributed by atoms with Crippen LogP contribution in [-0.4, -0.2) is 19.8 Å². The van der Waals surface area contributed by atoms with Gasteiger partial charge >= 0.3 is 66.9 Å². The van der Waals surface area contributed by atoms with Crippen molar-refractivity contribution < 1.29 is 83.4 Å². The molecule has 74 valence electrons. The van der Waals surface area contributed by atoms with Gasteiger partial charge in [-0.05, 0) is 0 Å². The van der Waals surface area contributed by atoms with Gasteiger partial charge in [0.25, 0.3) is 0 Å². The summed E-state index contributed by atoms with van der Waals surface area (Å²) < 4.78 is 8.88. The molecule has 0 aromatic rings. The smallest absolute Gasteiger partial charge is 0.444 e. The molecule has 0 saturated carbocycles. The van der Waals surface area contributed by atoms with Crippen LogP contribution in [0, 0.1) is 25.4 Å². The summed E-state index contributed by atoms with van der Waals surface area (Å²) in [7, 11) is -4.64. The summed E-state index contributed by atoms with van der Waals surface area (Å²) >= 11 is 0. The van der Waals surface area contributed by atoms with E-state index in [9.17, 15) is 0 Å². The van der Waals surface area contributed by atoms with Gasteiger partial charge in [0, 0.05) is 0 Å². The Kier molecular flexibility index (Phi) is 40.4. The molecule has 0 fully saturated rings. The molecular formula is H3N2Na2O9P. The van der Waals surface area contributed by atoms with Crippen molar-refractivity contribution >= 4 is 7.82 Å². The van der Waals surface area contributed by atoms with Gasteiger partial charge in [0.2, 0.25) is 0 Å². The molecule has 0 spiro atoms. The van der Waals surface area contributed by atoms with E-state index >= 15 is 0 Å². The molecule has 0 atom stereocenters. The second-order valence-corrected chi connectivity index (χ2v) is 1.84. The first kappa shape index (κ1) is 29.3. The predicted molar refractivity (Wildman–Crippen MR) is 33.8 cm³/mol. The first-order valence-corrected chi connectivity index (χ1v) is 3.26. The first-order chi connectivity index (χ1) is 5.15. The van der Waals surface area contributed by atoms with E-state index < -0.39 is 12.9 Å². The zero-order valence-corrected chi connectivity index (χ0v) is 12.0. The quantitative estimate of drug-likeness (QED) is 0.123. The van der Waals surface area contributed by atoms with Crippen LogP contribution in [-0.2, 0) is 4.57 Å². The SMILES string of the molecule is O=N[O-].O=P(O)(O)O.O=[N+]([O-])[O-].[Na+].[Na+]. The number of phosphoric acid groups is 1. The van der Waals surface area contributed by atoms with Crippen molar-refractivity contribution in [1.29, 1.82) is 0 Å². The van der Waals surface area contributed by atoms with Crippen LogP contribution in [0.4, 0.5) is 0 Å². The Hall–Kier alpha value is 0.710. The van der Waals surface area contributed by atoms with E-state index in [0.29, 0.717) is 0 Å². The van der Waals surface area contributed by atoms with E-state index in [4.69, 9.17) is 44.7 Å². The molecule has 0 aliphatic rings. The Balaban J connectivity index is -0.0000000278. The molecule has 0 aliphatic heterocycles. The van der Waals surface area contributed by atoms with Crippen LogP contribution in [0.3, 0.4) is 0 Å². The fourth-order valence-corrected chi connectivity index (χ4v) is 0. The van der Waals surface area contributed by atoms with Gasteiger partial charge in [-0.15, -0.1) is 5.34 Å². The molecule has 0 rings (SSSR count). The van der Waals surface area contributed by atoms with Gasteiger partial charge in [-0.25, -0.2) is 4.57 Å². The maximum Gasteiger partial charge on any atom is 1.00 e. The van der Waals surface area contributed by atoms with E-state index in [-0.39, 0.29) is 59.1 Å². The number of hydrogen-bond acceptors (Lipinski definition) is 7. The van der Waals surface area contributed by atoms with Gasteiger partial charge in [-0.3, -0.25) is 0 Å². The topological polar surface area (TPSA) is 196 Å². The van der Waals surface area contributed by atoms with Crippen molar-refractivity contribution in [2.45, 2.75) is 0 Å². The predicted octanol–water partition coefficient (Wildman–Crippen LogP) is -6.91. The molecule has 14 heavy (non-hydrogen) atoms. The molecule has 0 saturated heterocycles. The van der Waals surface area contributed by atoms with Gasteiger partial charge in [-0.1, -0.05) is 0 Å². The summed E-state index contributed by atoms with van der Waals surface area (Å²) in [5.74, 6) is 0. The van der Waals surface area contributed by atoms with Gasteiger partial charge < -0.3 is 40.1 Å². The molecule has 0 bridgehead atoms. The molecule has 14 heteroatoms. The van der Waals surface area contributed by atoms with Crippen LogP contribution in [0.5, 0.6) is 0 Å². The standard InChI is InChI=1S/NO3.HNO2.2Na.H3O4P/c2-1(3)4;2-1-3;;;1-5(2,3)4/h;(H,2,3);;;(H3,1,2,3,4)/q-1;;2*+1;/p-1. The molecule has 3 N–H and O–H groups in total. The maximum absolute atomic E-state index is 8.88. The summed E-state index contributed by atoms with van der Waals surface area (Å²) in [5.41, 5.74) is 0. The third kappa shape index (κ3) is 3460. The molecule has 0 aromatic heterocycles. The monoisotopic (exact) mass is 252 g/mol. The average molecular weight is 252 g/mol. The molecule has 0 aromatic carbocycles. The van der Waals surface area contributed by atoms with Crippen molar-refractivity contribution in [2.24, 2.45) is 5.34 Å². The number of hydrogen-bond donors (Lipinski definition) is 3. The number of rotatable bonds is 0. The van der Waals surface area contributed by atoms with Crippen LogP contribution >= 0.6 is 7.82 Å². The summed E-state index contributed by atoms with van der Waals surface area (Å²) in [4.78, 5) is 37.8. The van der Waals surface area contributed by atoms with E-state index in [1.807, 2.05) is 0 Å². The molecule has 11 nitrogen and oxygen atoms in total. The fraction of sp³-hybridized carbons (Fsp3) is 0. The zero-order valence-electron chi connectivity index (χ0n) is 7.13. The molecule has 0 radical (unpaired) electrons. The Morgan fingerprint density at radius 2 is 1.14 bits per heavy atom. The third-order valence-electron chi connectivity index (χ3n) is 0. The van der Waals surface area contributed by atoms with Crippen molar-refractivity contribution in [2.75, 3.05) is 0 Å². The summed E-state index contributed by atoms with van der Waals surface area (Å²) in [6.07, 6.45) is 0.